The van der Waals surface area contributed by atoms with Gasteiger partial charge in [0.25, 0.3) is 0 Å². The van der Waals surface area contributed by atoms with Crippen LogP contribution in [0.4, 0.5) is 0 Å². The molecule has 0 radical (unpaired) electrons. The maximum absolute atomic E-state index is 6.14. The molecule has 0 unspecified atom stereocenters. The maximum atomic E-state index is 6.14. The van der Waals surface area contributed by atoms with Crippen molar-refractivity contribution in [3.63, 3.8) is 0 Å². The van der Waals surface area contributed by atoms with Gasteiger partial charge in [-0.25, -0.2) is 0 Å². The molecule has 0 amide bonds. The van der Waals surface area contributed by atoms with E-state index in [1.54, 1.807) is 6.21 Å². The summed E-state index contributed by atoms with van der Waals surface area (Å²) in [6, 6.07) is 26.4. The Labute approximate surface area is 207 Å². The second-order valence-corrected chi connectivity index (χ2v) is 8.84. The minimum atomic E-state index is 0.447. The van der Waals surface area contributed by atoms with Crippen molar-refractivity contribution in [3.8, 4) is 11.5 Å². The van der Waals surface area contributed by atoms with Gasteiger partial charge in [0.2, 0.25) is 0 Å². The summed E-state index contributed by atoms with van der Waals surface area (Å²) in [6.45, 7) is 0.926. The van der Waals surface area contributed by atoms with Gasteiger partial charge in [-0.2, -0.15) is 5.10 Å². The van der Waals surface area contributed by atoms with Crippen LogP contribution in [0.3, 0.4) is 0 Å². The van der Waals surface area contributed by atoms with Gasteiger partial charge in [0, 0.05) is 6.04 Å². The Balaban J connectivity index is 1.40. The number of ether oxygens (including phenoxy) is 2. The monoisotopic (exact) mass is 473 g/mol. The third kappa shape index (κ3) is 7.59. The van der Waals surface area contributed by atoms with Crippen LogP contribution in [-0.4, -0.2) is 17.4 Å². The molecule has 0 aliphatic heterocycles. The summed E-state index contributed by atoms with van der Waals surface area (Å²) >= 11 is 5.39. The predicted octanol–water partition coefficient (Wildman–Crippen LogP) is 5.98. The summed E-state index contributed by atoms with van der Waals surface area (Å²) in [5.41, 5.74) is 6.02. The molecule has 3 aromatic rings. The van der Waals surface area contributed by atoms with Crippen LogP contribution < -0.4 is 20.2 Å². The van der Waals surface area contributed by atoms with Gasteiger partial charge < -0.3 is 14.8 Å². The van der Waals surface area contributed by atoms with Crippen molar-refractivity contribution < 1.29 is 9.47 Å². The third-order valence-electron chi connectivity index (χ3n) is 5.76. The van der Waals surface area contributed by atoms with Gasteiger partial charge in [-0.3, -0.25) is 5.43 Å². The van der Waals surface area contributed by atoms with Gasteiger partial charge in [0.1, 0.15) is 13.2 Å². The Morgan fingerprint density at radius 1 is 0.824 bits per heavy atom. The average molecular weight is 474 g/mol. The summed E-state index contributed by atoms with van der Waals surface area (Å²) < 4.78 is 12.2. The second kappa shape index (κ2) is 12.8. The number of thiocarbonyl (C=S) groups is 1. The van der Waals surface area contributed by atoms with Crippen molar-refractivity contribution in [2.45, 2.75) is 51.4 Å². The number of nitrogens with one attached hydrogen (secondary N) is 2. The molecule has 5 nitrogen and oxygen atoms in total. The lowest BCUT2D eigenvalue weighted by atomic mass is 9.96. The summed E-state index contributed by atoms with van der Waals surface area (Å²) in [5, 5.41) is 8.23. The highest BCUT2D eigenvalue weighted by Gasteiger charge is 2.13. The van der Waals surface area contributed by atoms with Crippen LogP contribution in [0.1, 0.15) is 48.8 Å². The highest BCUT2D eigenvalue weighted by atomic mass is 32.1. The van der Waals surface area contributed by atoms with Crippen molar-refractivity contribution in [3.05, 3.63) is 95.6 Å². The fraction of sp³-hybridized carbons (Fsp3) is 0.286. The Morgan fingerprint density at radius 3 is 2.09 bits per heavy atom. The molecule has 0 saturated heterocycles. The number of rotatable bonds is 9. The predicted molar refractivity (Wildman–Crippen MR) is 141 cm³/mol. The molecule has 1 aliphatic carbocycles. The molecule has 1 fully saturated rings. The maximum Gasteiger partial charge on any atom is 0.187 e. The lowest BCUT2D eigenvalue weighted by molar-refractivity contribution is 0.256. The van der Waals surface area contributed by atoms with E-state index in [1.165, 1.54) is 19.3 Å². The summed E-state index contributed by atoms with van der Waals surface area (Å²) in [5.74, 6) is 1.37. The average Bonchev–Trinajstić information content (AvgIpc) is 2.88. The van der Waals surface area contributed by atoms with Crippen LogP contribution in [0.25, 0.3) is 0 Å². The van der Waals surface area contributed by atoms with E-state index < -0.39 is 0 Å². The molecule has 3 aromatic carbocycles. The van der Waals surface area contributed by atoms with Crippen molar-refractivity contribution in [1.82, 2.24) is 10.7 Å². The number of benzene rings is 3. The van der Waals surface area contributed by atoms with Crippen molar-refractivity contribution >= 4 is 23.5 Å². The van der Waals surface area contributed by atoms with E-state index in [-0.39, 0.29) is 0 Å². The Hall–Kier alpha value is -3.38. The first kappa shape index (κ1) is 23.8. The Bertz CT molecular complexity index is 1070. The summed E-state index contributed by atoms with van der Waals surface area (Å²) in [6.07, 6.45) is 7.90. The van der Waals surface area contributed by atoms with E-state index in [1.807, 2.05) is 78.9 Å². The molecule has 0 heterocycles. The largest absolute Gasteiger partial charge is 0.485 e. The highest BCUT2D eigenvalue weighted by Crippen LogP contribution is 2.29. The first-order valence-corrected chi connectivity index (χ1v) is 12.2. The minimum absolute atomic E-state index is 0.447. The smallest absolute Gasteiger partial charge is 0.187 e. The fourth-order valence-electron chi connectivity index (χ4n) is 3.94. The number of nitrogens with zero attached hydrogens (tertiary/aromatic N) is 1. The van der Waals surface area contributed by atoms with E-state index in [4.69, 9.17) is 21.7 Å². The molecule has 0 atom stereocenters. The zero-order valence-corrected chi connectivity index (χ0v) is 20.1. The molecule has 4 rings (SSSR count). The molecule has 2 N–H and O–H groups in total. The SMILES string of the molecule is S=C(N/N=C\c1ccc(OCc2ccccc2)c(OCc2ccccc2)c1)NC1CCCCC1. The molecule has 6 heteroatoms. The molecule has 1 aliphatic rings. The van der Waals surface area contributed by atoms with Gasteiger partial charge in [-0.05, 0) is 59.9 Å². The van der Waals surface area contributed by atoms with Gasteiger partial charge >= 0.3 is 0 Å². The van der Waals surface area contributed by atoms with E-state index >= 15 is 0 Å². The van der Waals surface area contributed by atoms with Crippen molar-refractivity contribution in [1.29, 1.82) is 0 Å². The molecule has 176 valence electrons. The Kier molecular flexibility index (Phi) is 8.91. The summed E-state index contributed by atoms with van der Waals surface area (Å²) in [4.78, 5) is 0. The van der Waals surface area contributed by atoms with Crippen molar-refractivity contribution in [2.24, 2.45) is 5.10 Å². The van der Waals surface area contributed by atoms with E-state index in [2.05, 4.69) is 15.8 Å². The van der Waals surface area contributed by atoms with Gasteiger partial charge in [-0.15, -0.1) is 0 Å². The van der Waals surface area contributed by atoms with Crippen LogP contribution >= 0.6 is 12.2 Å². The zero-order chi connectivity index (χ0) is 23.4. The molecule has 0 aromatic heterocycles. The van der Waals surface area contributed by atoms with Crippen LogP contribution in [0.15, 0.2) is 84.0 Å². The molecular weight excluding hydrogens is 442 g/mol. The number of hydrazone groups is 1. The minimum Gasteiger partial charge on any atom is -0.485 e. The third-order valence-corrected chi connectivity index (χ3v) is 5.97. The number of hydrogen-bond acceptors (Lipinski definition) is 4. The zero-order valence-electron chi connectivity index (χ0n) is 19.3. The van der Waals surface area contributed by atoms with E-state index in [9.17, 15) is 0 Å². The van der Waals surface area contributed by atoms with E-state index in [0.717, 1.165) is 29.5 Å². The highest BCUT2D eigenvalue weighted by molar-refractivity contribution is 7.80. The van der Waals surface area contributed by atoms with Gasteiger partial charge in [0.05, 0.1) is 6.21 Å². The number of hydrogen-bond donors (Lipinski definition) is 2. The molecular formula is C28H31N3O2S. The molecule has 1 saturated carbocycles. The fourth-order valence-corrected chi connectivity index (χ4v) is 4.16. The van der Waals surface area contributed by atoms with Crippen LogP contribution in [-0.2, 0) is 13.2 Å². The quantitative estimate of drug-likeness (QED) is 0.228. The Morgan fingerprint density at radius 2 is 1.44 bits per heavy atom. The van der Waals surface area contributed by atoms with Crippen LogP contribution in [0.5, 0.6) is 11.5 Å². The van der Waals surface area contributed by atoms with Gasteiger partial charge in [0.15, 0.2) is 16.6 Å². The first-order chi connectivity index (χ1) is 16.8. The van der Waals surface area contributed by atoms with E-state index in [0.29, 0.717) is 35.9 Å². The van der Waals surface area contributed by atoms with Crippen molar-refractivity contribution in [2.75, 3.05) is 0 Å². The van der Waals surface area contributed by atoms with Gasteiger partial charge in [-0.1, -0.05) is 79.9 Å². The lowest BCUT2D eigenvalue weighted by Gasteiger charge is -2.23. The summed E-state index contributed by atoms with van der Waals surface area (Å²) in [7, 11) is 0. The normalized spacial score (nSPS) is 14.0. The van der Waals surface area contributed by atoms with Crippen LogP contribution in [0, 0.1) is 0 Å². The first-order valence-electron chi connectivity index (χ1n) is 11.8. The second-order valence-electron chi connectivity index (χ2n) is 8.43. The van der Waals surface area contributed by atoms with Crippen LogP contribution in [0.2, 0.25) is 0 Å². The molecule has 0 spiro atoms. The molecule has 0 bridgehead atoms. The topological polar surface area (TPSA) is 54.9 Å². The standard InChI is InChI=1S/C28H31N3O2S/c34-28(30-25-14-8-3-9-15-25)31-29-19-24-16-17-26(32-20-22-10-4-1-5-11-22)27(18-24)33-21-23-12-6-2-7-13-23/h1-2,4-7,10-13,16-19,25H,3,8-9,14-15,20-21H2,(H2,30,31,34)/b29-19-. The molecule has 34 heavy (non-hydrogen) atoms. The lowest BCUT2D eigenvalue weighted by Crippen LogP contribution is -2.40.